The van der Waals surface area contributed by atoms with Gasteiger partial charge in [0, 0.05) is 19.3 Å². The Bertz CT molecular complexity index is 1250. The van der Waals surface area contributed by atoms with Crippen LogP contribution in [-0.2, 0) is 18.4 Å². The predicted octanol–water partition coefficient (Wildman–Crippen LogP) is 2.71. The van der Waals surface area contributed by atoms with Gasteiger partial charge < -0.3 is 5.32 Å². The SMILES string of the molecule is Cc1nc(S[C@H](C)C(=O)Nc2ccc(F)cc2)c2c(=O)n(C)c(=O)n(CC(C)C)c2n1. The van der Waals surface area contributed by atoms with Crippen LogP contribution in [0.25, 0.3) is 11.0 Å². The van der Waals surface area contributed by atoms with Gasteiger partial charge in [-0.3, -0.25) is 18.7 Å². The van der Waals surface area contributed by atoms with Crippen molar-refractivity contribution in [2.45, 2.75) is 44.5 Å². The molecule has 1 N–H and O–H groups in total. The lowest BCUT2D eigenvalue weighted by atomic mass is 10.2. The molecule has 0 unspecified atom stereocenters. The molecule has 0 saturated heterocycles. The zero-order valence-corrected chi connectivity index (χ0v) is 18.8. The molecule has 10 heteroatoms. The third-order valence-electron chi connectivity index (χ3n) is 4.58. The highest BCUT2D eigenvalue weighted by atomic mass is 32.2. The topological polar surface area (TPSA) is 98.9 Å². The number of benzene rings is 1. The number of nitrogens with zero attached hydrogens (tertiary/aromatic N) is 4. The molecule has 0 aliphatic carbocycles. The number of aryl methyl sites for hydroxylation is 1. The number of nitrogens with one attached hydrogen (secondary N) is 1. The van der Waals surface area contributed by atoms with Crippen LogP contribution >= 0.6 is 11.8 Å². The van der Waals surface area contributed by atoms with E-state index in [0.717, 1.165) is 16.3 Å². The van der Waals surface area contributed by atoms with Crippen molar-refractivity contribution in [3.63, 3.8) is 0 Å². The third-order valence-corrected chi connectivity index (χ3v) is 5.66. The number of rotatable bonds is 6. The van der Waals surface area contributed by atoms with Gasteiger partial charge >= 0.3 is 5.69 Å². The zero-order valence-electron chi connectivity index (χ0n) is 18.0. The molecule has 0 radical (unpaired) electrons. The van der Waals surface area contributed by atoms with Gasteiger partial charge in [0.25, 0.3) is 5.56 Å². The largest absolute Gasteiger partial charge is 0.332 e. The number of hydrogen-bond acceptors (Lipinski definition) is 6. The van der Waals surface area contributed by atoms with Gasteiger partial charge in [-0.15, -0.1) is 0 Å². The smallest absolute Gasteiger partial charge is 0.325 e. The van der Waals surface area contributed by atoms with E-state index in [1.54, 1.807) is 13.8 Å². The molecule has 3 aromatic rings. The standard InChI is InChI=1S/C21H24FN5O3S/c1-11(2)10-27-17-16(20(29)26(5)21(27)30)19(24-13(4)23-17)31-12(3)18(28)25-15-8-6-14(22)7-9-15/h6-9,11-12H,10H2,1-5H3,(H,25,28)/t12-/m1/s1. The highest BCUT2D eigenvalue weighted by molar-refractivity contribution is 8.00. The Labute approximate surface area is 182 Å². The highest BCUT2D eigenvalue weighted by Gasteiger charge is 2.22. The van der Waals surface area contributed by atoms with E-state index < -0.39 is 22.3 Å². The second-order valence-corrected chi connectivity index (χ2v) is 9.01. The average molecular weight is 446 g/mol. The summed E-state index contributed by atoms with van der Waals surface area (Å²) < 4.78 is 15.6. The van der Waals surface area contributed by atoms with Gasteiger partial charge in [0.15, 0.2) is 5.65 Å². The van der Waals surface area contributed by atoms with Crippen LogP contribution in [-0.4, -0.2) is 30.3 Å². The Balaban J connectivity index is 2.02. The fourth-order valence-corrected chi connectivity index (χ4v) is 4.04. The second kappa shape index (κ2) is 9.01. The van der Waals surface area contributed by atoms with Gasteiger partial charge in [0.1, 0.15) is 22.1 Å². The predicted molar refractivity (Wildman–Crippen MR) is 119 cm³/mol. The Morgan fingerprint density at radius 1 is 1.16 bits per heavy atom. The minimum Gasteiger partial charge on any atom is -0.325 e. The summed E-state index contributed by atoms with van der Waals surface area (Å²) in [6, 6.07) is 5.45. The van der Waals surface area contributed by atoms with Crippen LogP contribution in [0.3, 0.4) is 0 Å². The first kappa shape index (κ1) is 22.7. The Hall–Kier alpha value is -3.01. The lowest BCUT2D eigenvalue weighted by Crippen LogP contribution is -2.39. The molecule has 1 aromatic carbocycles. The summed E-state index contributed by atoms with van der Waals surface area (Å²) >= 11 is 1.11. The number of carbonyl (C=O) groups is 1. The number of hydrogen-bond donors (Lipinski definition) is 1. The molecule has 164 valence electrons. The van der Waals surface area contributed by atoms with Crippen LogP contribution in [0.2, 0.25) is 0 Å². The van der Waals surface area contributed by atoms with Crippen LogP contribution in [0.4, 0.5) is 10.1 Å². The van der Waals surface area contributed by atoms with Gasteiger partial charge in [-0.2, -0.15) is 0 Å². The van der Waals surface area contributed by atoms with Crippen molar-refractivity contribution >= 4 is 34.4 Å². The summed E-state index contributed by atoms with van der Waals surface area (Å²) in [5.74, 6) is -0.170. The number of fused-ring (bicyclic) bond motifs is 1. The number of carbonyl (C=O) groups excluding carboxylic acids is 1. The van der Waals surface area contributed by atoms with Crippen LogP contribution in [0.1, 0.15) is 26.6 Å². The van der Waals surface area contributed by atoms with E-state index in [1.807, 2.05) is 13.8 Å². The Morgan fingerprint density at radius 2 is 1.81 bits per heavy atom. The molecule has 2 heterocycles. The first-order chi connectivity index (χ1) is 14.6. The minimum absolute atomic E-state index is 0.158. The van der Waals surface area contributed by atoms with Crippen molar-refractivity contribution in [2.24, 2.45) is 13.0 Å². The maximum atomic E-state index is 13.1. The molecule has 1 atom stereocenters. The summed E-state index contributed by atoms with van der Waals surface area (Å²) in [6.07, 6.45) is 0. The van der Waals surface area contributed by atoms with Gasteiger partial charge in [-0.25, -0.2) is 19.2 Å². The van der Waals surface area contributed by atoms with Crippen molar-refractivity contribution in [1.82, 2.24) is 19.1 Å². The van der Waals surface area contributed by atoms with Crippen molar-refractivity contribution in [3.8, 4) is 0 Å². The fourth-order valence-electron chi connectivity index (χ4n) is 3.05. The van der Waals surface area contributed by atoms with Gasteiger partial charge in [-0.05, 0) is 44.0 Å². The molecule has 31 heavy (non-hydrogen) atoms. The second-order valence-electron chi connectivity index (χ2n) is 7.68. The summed E-state index contributed by atoms with van der Waals surface area (Å²) in [5, 5.41) is 2.65. The quantitative estimate of drug-likeness (QED) is 0.463. The zero-order chi connectivity index (χ0) is 22.9. The molecule has 0 aliphatic rings. The normalized spacial score (nSPS) is 12.4. The molecule has 8 nitrogen and oxygen atoms in total. The first-order valence-corrected chi connectivity index (χ1v) is 10.7. The van der Waals surface area contributed by atoms with Crippen LogP contribution in [0, 0.1) is 18.7 Å². The third kappa shape index (κ3) is 4.84. The van der Waals surface area contributed by atoms with Crippen molar-refractivity contribution in [2.75, 3.05) is 5.32 Å². The summed E-state index contributed by atoms with van der Waals surface area (Å²) in [6.45, 7) is 7.68. The lowest BCUT2D eigenvalue weighted by molar-refractivity contribution is -0.115. The average Bonchev–Trinajstić information content (AvgIpc) is 2.70. The number of aromatic nitrogens is 4. The maximum absolute atomic E-state index is 13.1. The van der Waals surface area contributed by atoms with Gasteiger partial charge in [0.05, 0.1) is 5.25 Å². The molecule has 1 amide bonds. The number of thioether (sulfide) groups is 1. The van der Waals surface area contributed by atoms with Crippen LogP contribution < -0.4 is 16.6 Å². The van der Waals surface area contributed by atoms with E-state index in [0.29, 0.717) is 23.1 Å². The lowest BCUT2D eigenvalue weighted by Gasteiger charge is -2.16. The van der Waals surface area contributed by atoms with Crippen molar-refractivity contribution < 1.29 is 9.18 Å². The highest BCUT2D eigenvalue weighted by Crippen LogP contribution is 2.27. The van der Waals surface area contributed by atoms with E-state index in [2.05, 4.69) is 15.3 Å². The number of halogens is 1. The Kier molecular flexibility index (Phi) is 6.59. The maximum Gasteiger partial charge on any atom is 0.332 e. The van der Waals surface area contributed by atoms with Crippen molar-refractivity contribution in [1.29, 1.82) is 0 Å². The minimum atomic E-state index is -0.613. The van der Waals surface area contributed by atoms with Crippen molar-refractivity contribution in [3.05, 3.63) is 56.7 Å². The van der Waals surface area contributed by atoms with E-state index >= 15 is 0 Å². The Morgan fingerprint density at radius 3 is 2.42 bits per heavy atom. The molecule has 0 fully saturated rings. The van der Waals surface area contributed by atoms with E-state index in [9.17, 15) is 18.8 Å². The first-order valence-electron chi connectivity index (χ1n) is 9.79. The fraction of sp³-hybridized carbons (Fsp3) is 0.381. The van der Waals surface area contributed by atoms with Gasteiger partial charge in [0.2, 0.25) is 5.91 Å². The molecular formula is C21H24FN5O3S. The molecule has 0 spiro atoms. The molecular weight excluding hydrogens is 421 g/mol. The summed E-state index contributed by atoms with van der Waals surface area (Å²) in [5.41, 5.74) is -0.219. The summed E-state index contributed by atoms with van der Waals surface area (Å²) in [4.78, 5) is 47.0. The molecule has 3 rings (SSSR count). The molecule has 0 saturated carbocycles. The number of amides is 1. The monoisotopic (exact) mass is 445 g/mol. The molecule has 2 aromatic heterocycles. The summed E-state index contributed by atoms with van der Waals surface area (Å²) in [7, 11) is 1.42. The molecule has 0 aliphatic heterocycles. The van der Waals surface area contributed by atoms with Gasteiger partial charge in [-0.1, -0.05) is 25.6 Å². The van der Waals surface area contributed by atoms with E-state index in [1.165, 1.54) is 35.9 Å². The van der Waals surface area contributed by atoms with Crippen LogP contribution in [0.5, 0.6) is 0 Å². The number of anilines is 1. The van der Waals surface area contributed by atoms with E-state index in [4.69, 9.17) is 0 Å². The molecule has 0 bridgehead atoms. The van der Waals surface area contributed by atoms with E-state index in [-0.39, 0.29) is 22.9 Å². The van der Waals surface area contributed by atoms with Crippen LogP contribution in [0.15, 0.2) is 38.9 Å².